The molecule has 0 aliphatic heterocycles. The van der Waals surface area contributed by atoms with Gasteiger partial charge in [0.1, 0.15) is 19.8 Å². The van der Waals surface area contributed by atoms with E-state index in [-0.39, 0.29) is 32.2 Å². The Morgan fingerprint density at radius 1 is 0.610 bits per heavy atom. The van der Waals surface area contributed by atoms with Crippen molar-refractivity contribution in [3.05, 3.63) is 48.6 Å². The first-order chi connectivity index (χ1) is 28.4. The Hall–Kier alpha value is -2.07. The zero-order valence-corrected chi connectivity index (χ0v) is 39.2. The fourth-order valence-electron chi connectivity index (χ4n) is 6.20. The number of hydrogen-bond acceptors (Lipinski definition) is 9. The first kappa shape index (κ1) is 56.9. The Morgan fingerprint density at radius 3 is 1.61 bits per heavy atom. The molecule has 0 aromatic rings. The van der Waals surface area contributed by atoms with Crippen LogP contribution in [0.3, 0.4) is 0 Å². The minimum absolute atomic E-state index is 0.0461. The average Bonchev–Trinajstić information content (AvgIpc) is 3.18. The number of hydrogen-bond donors (Lipinski definition) is 1. The highest BCUT2D eigenvalue weighted by atomic mass is 31.2. The molecule has 0 aliphatic rings. The molecule has 10 nitrogen and oxygen atoms in total. The van der Waals surface area contributed by atoms with E-state index in [4.69, 9.17) is 18.5 Å². The highest BCUT2D eigenvalue weighted by molar-refractivity contribution is 7.45. The number of phosphoric ester groups is 1. The van der Waals surface area contributed by atoms with Crippen molar-refractivity contribution in [1.82, 2.24) is 0 Å². The predicted octanol–water partition coefficient (Wildman–Crippen LogP) is 11.8. The largest absolute Gasteiger partial charge is 0.756 e. The number of unbranched alkanes of at least 4 members (excludes halogenated alkanes) is 18. The fourth-order valence-corrected chi connectivity index (χ4v) is 6.92. The van der Waals surface area contributed by atoms with E-state index in [2.05, 4.69) is 44.2 Å². The molecule has 1 unspecified atom stereocenters. The van der Waals surface area contributed by atoms with Crippen LogP contribution in [0, 0.1) is 0 Å². The monoisotopic (exact) mass is 854 g/mol. The van der Waals surface area contributed by atoms with Crippen molar-refractivity contribution in [2.75, 3.05) is 47.5 Å². The summed E-state index contributed by atoms with van der Waals surface area (Å²) in [5.74, 6) is -0.919. The van der Waals surface area contributed by atoms with E-state index in [1.807, 2.05) is 39.4 Å². The van der Waals surface area contributed by atoms with Crippen molar-refractivity contribution in [3.63, 3.8) is 0 Å². The molecule has 0 fully saturated rings. The molecule has 0 amide bonds. The number of carbonyl (C=O) groups excluding carboxylic acids is 2. The number of aliphatic hydroxyl groups is 1. The summed E-state index contributed by atoms with van der Waals surface area (Å²) in [5, 5.41) is 9.82. The lowest BCUT2D eigenvalue weighted by Gasteiger charge is -2.28. The van der Waals surface area contributed by atoms with Crippen LogP contribution >= 0.6 is 7.82 Å². The van der Waals surface area contributed by atoms with Gasteiger partial charge in [0.15, 0.2) is 6.10 Å². The minimum atomic E-state index is -4.65. The number of likely N-dealkylation sites (N-methyl/N-ethyl adjacent to an activating group) is 1. The zero-order valence-electron chi connectivity index (χ0n) is 38.3. The SMILES string of the molecule is CCCCCCCCCCCCCCCCCCCC(=O)O[C@H](COC(=O)CCC/C=C\C/C=C\C/C=C\C/C=C\[C@@H](O)CCCC)COP(=O)([O-])OCC[N+](C)(C)C. The minimum Gasteiger partial charge on any atom is -0.756 e. The second-order valence-corrected chi connectivity index (χ2v) is 18.4. The van der Waals surface area contributed by atoms with Crippen molar-refractivity contribution in [2.24, 2.45) is 0 Å². The molecule has 0 rings (SSSR count). The van der Waals surface area contributed by atoms with Gasteiger partial charge in [-0.3, -0.25) is 14.2 Å². The van der Waals surface area contributed by atoms with Crippen LogP contribution in [0.15, 0.2) is 48.6 Å². The van der Waals surface area contributed by atoms with Crippen LogP contribution in [0.25, 0.3) is 0 Å². The summed E-state index contributed by atoms with van der Waals surface area (Å²) in [7, 11) is 1.11. The maximum absolute atomic E-state index is 12.7. The van der Waals surface area contributed by atoms with Crippen LogP contribution in [0.1, 0.15) is 187 Å². The summed E-state index contributed by atoms with van der Waals surface area (Å²) >= 11 is 0. The summed E-state index contributed by atoms with van der Waals surface area (Å²) in [6, 6.07) is 0. The second kappa shape index (κ2) is 40.0. The van der Waals surface area contributed by atoms with Crippen LogP contribution in [-0.4, -0.2) is 81.2 Å². The molecule has 0 heterocycles. The van der Waals surface area contributed by atoms with Crippen molar-refractivity contribution in [1.29, 1.82) is 0 Å². The molecular formula is C48H88NO9P. The number of rotatable bonds is 42. The Balaban J connectivity index is 4.42. The number of phosphoric acid groups is 1. The van der Waals surface area contributed by atoms with Crippen molar-refractivity contribution in [2.45, 2.75) is 199 Å². The van der Waals surface area contributed by atoms with Gasteiger partial charge < -0.3 is 33.0 Å². The first-order valence-corrected chi connectivity index (χ1v) is 24.9. The van der Waals surface area contributed by atoms with Gasteiger partial charge in [-0.25, -0.2) is 0 Å². The molecule has 11 heteroatoms. The van der Waals surface area contributed by atoms with Crippen molar-refractivity contribution < 1.29 is 47.2 Å². The summed E-state index contributed by atoms with van der Waals surface area (Å²) in [6.45, 7) is 4.01. The zero-order chi connectivity index (χ0) is 43.7. The van der Waals surface area contributed by atoms with E-state index >= 15 is 0 Å². The van der Waals surface area contributed by atoms with E-state index in [1.165, 1.54) is 83.5 Å². The van der Waals surface area contributed by atoms with Gasteiger partial charge in [-0.2, -0.15) is 0 Å². The van der Waals surface area contributed by atoms with Crippen LogP contribution in [-0.2, 0) is 32.7 Å². The Labute approximate surface area is 361 Å². The Kier molecular flexibility index (Phi) is 38.6. The third-order valence-electron chi connectivity index (χ3n) is 9.92. The van der Waals surface area contributed by atoms with Crippen molar-refractivity contribution in [3.8, 4) is 0 Å². The van der Waals surface area contributed by atoms with E-state index in [0.29, 0.717) is 30.3 Å². The summed E-state index contributed by atoms with van der Waals surface area (Å²) in [4.78, 5) is 37.6. The van der Waals surface area contributed by atoms with Crippen LogP contribution < -0.4 is 4.89 Å². The van der Waals surface area contributed by atoms with E-state index in [9.17, 15) is 24.2 Å². The number of nitrogens with zero attached hydrogens (tertiary/aromatic N) is 1. The summed E-state index contributed by atoms with van der Waals surface area (Å²) < 4.78 is 33.9. The Morgan fingerprint density at radius 2 is 1.08 bits per heavy atom. The van der Waals surface area contributed by atoms with Crippen LogP contribution in [0.4, 0.5) is 0 Å². The van der Waals surface area contributed by atoms with E-state index in [0.717, 1.165) is 57.8 Å². The molecule has 0 radical (unpaired) electrons. The summed E-state index contributed by atoms with van der Waals surface area (Å²) in [6.07, 6.45) is 43.3. The highest BCUT2D eigenvalue weighted by Crippen LogP contribution is 2.38. The summed E-state index contributed by atoms with van der Waals surface area (Å²) in [5.41, 5.74) is 0. The lowest BCUT2D eigenvalue weighted by Crippen LogP contribution is -2.37. The standard InChI is InChI=1S/C48H88NO9P/c1-6-8-10-11-12-13-14-15-16-17-18-19-24-27-30-33-36-40-48(52)58-46(44-57-59(53,54)56-42-41-49(3,4)5)43-55-47(51)39-35-32-29-26-23-21-20-22-25-28-31-34-38-45(50)37-9-7-2/h20-21,25-26,28-29,34,38,45-46,50H,6-19,22-24,27,30-33,35-37,39-44H2,1-5H3/b21-20-,28-25-,29-26-,38-34-/t45-,46+/m0/s1. The molecule has 0 aromatic carbocycles. The predicted molar refractivity (Wildman–Crippen MR) is 242 cm³/mol. The molecular weight excluding hydrogens is 766 g/mol. The van der Waals surface area contributed by atoms with Gasteiger partial charge in [0.25, 0.3) is 7.82 Å². The normalized spacial score (nSPS) is 14.5. The third-order valence-corrected chi connectivity index (χ3v) is 10.9. The molecule has 0 spiro atoms. The number of carbonyl (C=O) groups is 2. The molecule has 0 aromatic heterocycles. The van der Waals surface area contributed by atoms with Gasteiger partial charge in [-0.05, 0) is 44.9 Å². The maximum Gasteiger partial charge on any atom is 0.306 e. The first-order valence-electron chi connectivity index (χ1n) is 23.4. The molecule has 0 saturated heterocycles. The molecule has 59 heavy (non-hydrogen) atoms. The van der Waals surface area contributed by atoms with E-state index < -0.39 is 32.5 Å². The van der Waals surface area contributed by atoms with Crippen LogP contribution in [0.2, 0.25) is 0 Å². The number of aliphatic hydroxyl groups excluding tert-OH is 1. The lowest BCUT2D eigenvalue weighted by molar-refractivity contribution is -0.870. The van der Waals surface area contributed by atoms with Gasteiger partial charge in [-0.1, -0.05) is 178 Å². The van der Waals surface area contributed by atoms with E-state index in [1.54, 1.807) is 0 Å². The maximum atomic E-state index is 12.7. The molecule has 0 bridgehead atoms. The Bertz CT molecular complexity index is 1160. The third kappa shape index (κ3) is 43.8. The highest BCUT2D eigenvalue weighted by Gasteiger charge is 2.21. The number of quaternary nitrogens is 1. The van der Waals surface area contributed by atoms with Gasteiger partial charge in [-0.15, -0.1) is 0 Å². The van der Waals surface area contributed by atoms with Gasteiger partial charge in [0, 0.05) is 12.8 Å². The molecule has 1 N–H and O–H groups in total. The molecule has 0 saturated carbocycles. The number of allylic oxidation sites excluding steroid dienone is 7. The molecule has 0 aliphatic carbocycles. The van der Waals surface area contributed by atoms with Gasteiger partial charge >= 0.3 is 11.9 Å². The lowest BCUT2D eigenvalue weighted by atomic mass is 10.0. The molecule has 344 valence electrons. The second-order valence-electron chi connectivity index (χ2n) is 16.9. The topological polar surface area (TPSA) is 131 Å². The van der Waals surface area contributed by atoms with Gasteiger partial charge in [0.2, 0.25) is 0 Å². The van der Waals surface area contributed by atoms with Crippen molar-refractivity contribution >= 4 is 19.8 Å². The number of esters is 2. The quantitative estimate of drug-likeness (QED) is 0.0210. The molecule has 3 atom stereocenters. The fraction of sp³-hybridized carbons (Fsp3) is 0.792. The van der Waals surface area contributed by atoms with Gasteiger partial charge in [0.05, 0.1) is 33.9 Å². The smallest absolute Gasteiger partial charge is 0.306 e. The average molecular weight is 854 g/mol. The number of ether oxygens (including phenoxy) is 2. The van der Waals surface area contributed by atoms with Crippen LogP contribution in [0.5, 0.6) is 0 Å².